The fourth-order valence-electron chi connectivity index (χ4n) is 2.53. The van der Waals surface area contributed by atoms with Crippen LogP contribution < -0.4 is 10.2 Å². The van der Waals surface area contributed by atoms with Gasteiger partial charge in [-0.05, 0) is 32.9 Å². The molecule has 4 heteroatoms. The summed E-state index contributed by atoms with van der Waals surface area (Å²) in [5.41, 5.74) is 3.68. The third kappa shape index (κ3) is 3.00. The Morgan fingerprint density at radius 3 is 2.78 bits per heavy atom. The molecule has 0 radical (unpaired) electrons. The second-order valence-corrected chi connectivity index (χ2v) is 4.91. The maximum absolute atomic E-state index is 5.43. The molecule has 0 bridgehead atoms. The summed E-state index contributed by atoms with van der Waals surface area (Å²) in [6, 6.07) is 2.19. The molecule has 1 saturated heterocycles. The van der Waals surface area contributed by atoms with Crippen LogP contribution in [0.2, 0.25) is 0 Å². The predicted octanol–water partition coefficient (Wildman–Crippen LogP) is 1.72. The first-order chi connectivity index (χ1) is 8.74. The van der Waals surface area contributed by atoms with E-state index in [1.54, 1.807) is 0 Å². The second kappa shape index (κ2) is 6.16. The highest BCUT2D eigenvalue weighted by molar-refractivity contribution is 5.54. The number of pyridine rings is 1. The summed E-state index contributed by atoms with van der Waals surface area (Å²) >= 11 is 0. The molecule has 1 N–H and O–H groups in total. The number of piperidine rings is 1. The lowest BCUT2D eigenvalue weighted by atomic mass is 10.1. The van der Waals surface area contributed by atoms with Gasteiger partial charge in [0.1, 0.15) is 0 Å². The number of ether oxygens (including phenoxy) is 1. The standard InChI is InChI=1S/C14H23N3O/c1-11-8-14(12(9-15-2)10-16-11)17-6-4-13(18-3)5-7-17/h8,10,13,15H,4-7,9H2,1-3H3. The van der Waals surface area contributed by atoms with Gasteiger partial charge in [-0.25, -0.2) is 0 Å². The molecule has 1 aromatic heterocycles. The minimum absolute atomic E-state index is 0.428. The van der Waals surface area contributed by atoms with Gasteiger partial charge >= 0.3 is 0 Å². The minimum Gasteiger partial charge on any atom is -0.381 e. The second-order valence-electron chi connectivity index (χ2n) is 4.91. The first-order valence-electron chi connectivity index (χ1n) is 6.62. The van der Waals surface area contributed by atoms with Crippen molar-refractivity contribution in [2.45, 2.75) is 32.4 Å². The topological polar surface area (TPSA) is 37.4 Å². The summed E-state index contributed by atoms with van der Waals surface area (Å²) in [5, 5.41) is 3.21. The predicted molar refractivity (Wildman–Crippen MR) is 74.0 cm³/mol. The van der Waals surface area contributed by atoms with Crippen molar-refractivity contribution in [3.8, 4) is 0 Å². The number of anilines is 1. The number of aromatic nitrogens is 1. The number of hydrogen-bond donors (Lipinski definition) is 1. The SMILES string of the molecule is CNCc1cnc(C)cc1N1CCC(OC)CC1. The number of nitrogens with zero attached hydrogens (tertiary/aromatic N) is 2. The zero-order valence-electron chi connectivity index (χ0n) is 11.6. The van der Waals surface area contributed by atoms with E-state index in [0.29, 0.717) is 6.10 Å². The van der Waals surface area contributed by atoms with Crippen molar-refractivity contribution < 1.29 is 4.74 Å². The van der Waals surface area contributed by atoms with Gasteiger partial charge in [0.25, 0.3) is 0 Å². The van der Waals surface area contributed by atoms with Gasteiger partial charge in [0, 0.05) is 49.9 Å². The van der Waals surface area contributed by atoms with E-state index in [2.05, 4.69) is 28.2 Å². The van der Waals surface area contributed by atoms with Crippen LogP contribution in [0.25, 0.3) is 0 Å². The molecule has 18 heavy (non-hydrogen) atoms. The summed E-state index contributed by atoms with van der Waals surface area (Å²) in [5.74, 6) is 0. The van der Waals surface area contributed by atoms with E-state index in [1.807, 2.05) is 20.4 Å². The number of methoxy groups -OCH3 is 1. The largest absolute Gasteiger partial charge is 0.381 e. The van der Waals surface area contributed by atoms with Crippen molar-refractivity contribution in [1.29, 1.82) is 0 Å². The molecule has 0 unspecified atom stereocenters. The van der Waals surface area contributed by atoms with E-state index >= 15 is 0 Å². The Bertz CT molecular complexity index is 387. The van der Waals surface area contributed by atoms with Crippen LogP contribution in [0.1, 0.15) is 24.1 Å². The number of rotatable bonds is 4. The van der Waals surface area contributed by atoms with Gasteiger partial charge in [-0.1, -0.05) is 0 Å². The van der Waals surface area contributed by atoms with E-state index in [4.69, 9.17) is 4.74 Å². The maximum Gasteiger partial charge on any atom is 0.0605 e. The number of aryl methyl sites for hydroxylation is 1. The molecule has 0 saturated carbocycles. The highest BCUT2D eigenvalue weighted by Gasteiger charge is 2.20. The third-order valence-electron chi connectivity index (χ3n) is 3.58. The van der Waals surface area contributed by atoms with Gasteiger partial charge in [-0.3, -0.25) is 4.98 Å². The van der Waals surface area contributed by atoms with Gasteiger partial charge in [0.05, 0.1) is 6.10 Å². The highest BCUT2D eigenvalue weighted by Crippen LogP contribution is 2.25. The van der Waals surface area contributed by atoms with E-state index in [-0.39, 0.29) is 0 Å². The summed E-state index contributed by atoms with van der Waals surface area (Å²) in [6.45, 7) is 5.05. The smallest absolute Gasteiger partial charge is 0.0605 e. The monoisotopic (exact) mass is 249 g/mol. The molecule has 0 aliphatic carbocycles. The van der Waals surface area contributed by atoms with Crippen molar-refractivity contribution in [3.63, 3.8) is 0 Å². The Morgan fingerprint density at radius 2 is 2.17 bits per heavy atom. The summed E-state index contributed by atoms with van der Waals surface area (Å²) < 4.78 is 5.43. The molecule has 1 aromatic rings. The van der Waals surface area contributed by atoms with E-state index in [0.717, 1.165) is 38.2 Å². The number of nitrogens with one attached hydrogen (secondary N) is 1. The van der Waals surface area contributed by atoms with Gasteiger partial charge in [0.2, 0.25) is 0 Å². The number of hydrogen-bond acceptors (Lipinski definition) is 4. The first kappa shape index (κ1) is 13.3. The average molecular weight is 249 g/mol. The van der Waals surface area contributed by atoms with Crippen molar-refractivity contribution >= 4 is 5.69 Å². The van der Waals surface area contributed by atoms with Crippen LogP contribution in [-0.4, -0.2) is 38.3 Å². The molecule has 0 atom stereocenters. The highest BCUT2D eigenvalue weighted by atomic mass is 16.5. The van der Waals surface area contributed by atoms with Crippen LogP contribution in [0.4, 0.5) is 5.69 Å². The van der Waals surface area contributed by atoms with Crippen molar-refractivity contribution in [1.82, 2.24) is 10.3 Å². The molecule has 1 fully saturated rings. The fourth-order valence-corrected chi connectivity index (χ4v) is 2.53. The lowest BCUT2D eigenvalue weighted by Gasteiger charge is -2.34. The van der Waals surface area contributed by atoms with Crippen LogP contribution in [0, 0.1) is 6.92 Å². The average Bonchev–Trinajstić information content (AvgIpc) is 2.41. The molecule has 4 nitrogen and oxygen atoms in total. The van der Waals surface area contributed by atoms with Crippen molar-refractivity contribution in [2.75, 3.05) is 32.1 Å². The fraction of sp³-hybridized carbons (Fsp3) is 0.643. The zero-order chi connectivity index (χ0) is 13.0. The van der Waals surface area contributed by atoms with E-state index in [9.17, 15) is 0 Å². The molecule has 0 aromatic carbocycles. The molecule has 100 valence electrons. The Hall–Kier alpha value is -1.13. The molecular weight excluding hydrogens is 226 g/mol. The lowest BCUT2D eigenvalue weighted by Crippen LogP contribution is -2.37. The van der Waals surface area contributed by atoms with Crippen LogP contribution >= 0.6 is 0 Å². The van der Waals surface area contributed by atoms with Crippen molar-refractivity contribution in [2.24, 2.45) is 0 Å². The quantitative estimate of drug-likeness (QED) is 0.882. The van der Waals surface area contributed by atoms with Gasteiger partial charge < -0.3 is 15.0 Å². The molecule has 0 amide bonds. The molecule has 1 aliphatic rings. The molecule has 1 aliphatic heterocycles. The summed E-state index contributed by atoms with van der Waals surface area (Å²) in [4.78, 5) is 6.85. The Balaban J connectivity index is 2.14. The molecular formula is C14H23N3O. The van der Waals surface area contributed by atoms with E-state index in [1.165, 1.54) is 11.3 Å². The Labute approximate surface area is 109 Å². The normalized spacial score (nSPS) is 17.2. The lowest BCUT2D eigenvalue weighted by molar-refractivity contribution is 0.0819. The van der Waals surface area contributed by atoms with Gasteiger partial charge in [0.15, 0.2) is 0 Å². The van der Waals surface area contributed by atoms with Crippen LogP contribution in [0.3, 0.4) is 0 Å². The first-order valence-corrected chi connectivity index (χ1v) is 6.62. The zero-order valence-corrected chi connectivity index (χ0v) is 11.6. The van der Waals surface area contributed by atoms with Gasteiger partial charge in [-0.15, -0.1) is 0 Å². The van der Waals surface area contributed by atoms with Crippen LogP contribution in [-0.2, 0) is 11.3 Å². The maximum atomic E-state index is 5.43. The summed E-state index contributed by atoms with van der Waals surface area (Å²) in [7, 11) is 3.78. The summed E-state index contributed by atoms with van der Waals surface area (Å²) in [6.07, 6.45) is 4.63. The Morgan fingerprint density at radius 1 is 1.44 bits per heavy atom. The third-order valence-corrected chi connectivity index (χ3v) is 3.58. The van der Waals surface area contributed by atoms with Crippen molar-refractivity contribution in [3.05, 3.63) is 23.5 Å². The molecule has 2 heterocycles. The minimum atomic E-state index is 0.428. The molecule has 2 rings (SSSR count). The van der Waals surface area contributed by atoms with Crippen LogP contribution in [0.15, 0.2) is 12.3 Å². The molecule has 0 spiro atoms. The van der Waals surface area contributed by atoms with E-state index < -0.39 is 0 Å². The van der Waals surface area contributed by atoms with Gasteiger partial charge in [-0.2, -0.15) is 0 Å². The Kier molecular flexibility index (Phi) is 4.55. The van der Waals surface area contributed by atoms with Crippen LogP contribution in [0.5, 0.6) is 0 Å².